The lowest BCUT2D eigenvalue weighted by Crippen LogP contribution is -2.23. The van der Waals surface area contributed by atoms with Gasteiger partial charge in [0.05, 0.1) is 30.7 Å². The molecule has 0 radical (unpaired) electrons. The zero-order valence-corrected chi connectivity index (χ0v) is 21.1. The highest BCUT2D eigenvalue weighted by atomic mass is 32.1. The first-order valence-corrected chi connectivity index (χ1v) is 12.7. The molecule has 2 heterocycles. The number of hydrogen-bond donors (Lipinski definition) is 0. The molecule has 0 aliphatic heterocycles. The molecule has 5 rings (SSSR count). The Morgan fingerprint density at radius 2 is 2.09 bits per heavy atom. The number of hydrogen-bond acceptors (Lipinski definition) is 6. The van der Waals surface area contributed by atoms with Crippen molar-refractivity contribution in [1.82, 2.24) is 4.57 Å². The molecule has 2 aliphatic rings. The fraction of sp³-hybridized carbons (Fsp3) is 0.462. The van der Waals surface area contributed by atoms with E-state index in [1.54, 1.807) is 37.6 Å². The van der Waals surface area contributed by atoms with Crippen molar-refractivity contribution in [2.75, 3.05) is 13.7 Å². The Morgan fingerprint density at radius 3 is 2.74 bits per heavy atom. The SMILES string of the molecule is CCOC(=O)c1cn(C2CC2)c2c(OC)c(-c3cc4c(s3)C(N=[N+]=[N-])CCC4(C)C)ccc2c1=O. The van der Waals surface area contributed by atoms with Crippen LogP contribution in [0.2, 0.25) is 0 Å². The maximum atomic E-state index is 13.3. The predicted octanol–water partition coefficient (Wildman–Crippen LogP) is 6.67. The summed E-state index contributed by atoms with van der Waals surface area (Å²) in [5, 5.41) is 4.50. The van der Waals surface area contributed by atoms with Crippen LogP contribution in [0.3, 0.4) is 0 Å². The first kappa shape index (κ1) is 23.5. The third-order valence-electron chi connectivity index (χ3n) is 7.08. The van der Waals surface area contributed by atoms with Crippen LogP contribution in [0, 0.1) is 0 Å². The molecule has 182 valence electrons. The number of thiophene rings is 1. The maximum absolute atomic E-state index is 13.3. The van der Waals surface area contributed by atoms with Crippen molar-refractivity contribution >= 4 is 28.2 Å². The Labute approximate surface area is 207 Å². The monoisotopic (exact) mass is 492 g/mol. The topological polar surface area (TPSA) is 106 Å². The molecular weight excluding hydrogens is 464 g/mol. The Balaban J connectivity index is 1.75. The Kier molecular flexibility index (Phi) is 5.85. The molecule has 1 unspecified atom stereocenters. The van der Waals surface area contributed by atoms with Crippen LogP contribution in [-0.4, -0.2) is 24.3 Å². The summed E-state index contributed by atoms with van der Waals surface area (Å²) in [5.74, 6) is 0.00717. The number of carbonyl (C=O) groups excluding carboxylic acids is 1. The number of azide groups is 1. The minimum Gasteiger partial charge on any atom is -0.494 e. The molecule has 1 saturated carbocycles. The Hall–Kier alpha value is -3.29. The number of carbonyl (C=O) groups is 1. The van der Waals surface area contributed by atoms with E-state index in [4.69, 9.17) is 15.0 Å². The van der Waals surface area contributed by atoms with E-state index >= 15 is 0 Å². The van der Waals surface area contributed by atoms with Gasteiger partial charge in [-0.1, -0.05) is 19.0 Å². The molecule has 8 nitrogen and oxygen atoms in total. The number of fused-ring (bicyclic) bond motifs is 2. The van der Waals surface area contributed by atoms with Crippen molar-refractivity contribution in [3.05, 3.63) is 61.1 Å². The van der Waals surface area contributed by atoms with Crippen LogP contribution in [-0.2, 0) is 10.2 Å². The number of pyridine rings is 1. The van der Waals surface area contributed by atoms with Gasteiger partial charge in [0.15, 0.2) is 5.75 Å². The molecule has 0 bridgehead atoms. The quantitative estimate of drug-likeness (QED) is 0.166. The van der Waals surface area contributed by atoms with Gasteiger partial charge in [-0.15, -0.1) is 11.3 Å². The second-order valence-corrected chi connectivity index (χ2v) is 10.9. The van der Waals surface area contributed by atoms with E-state index < -0.39 is 5.97 Å². The molecule has 2 aromatic heterocycles. The van der Waals surface area contributed by atoms with Gasteiger partial charge in [-0.3, -0.25) is 4.79 Å². The molecule has 0 N–H and O–H groups in total. The van der Waals surface area contributed by atoms with Crippen molar-refractivity contribution in [3.63, 3.8) is 0 Å². The van der Waals surface area contributed by atoms with E-state index in [2.05, 4.69) is 29.9 Å². The van der Waals surface area contributed by atoms with Crippen molar-refractivity contribution in [2.24, 2.45) is 5.11 Å². The van der Waals surface area contributed by atoms with E-state index in [-0.39, 0.29) is 35.1 Å². The predicted molar refractivity (Wildman–Crippen MR) is 136 cm³/mol. The summed E-state index contributed by atoms with van der Waals surface area (Å²) in [4.78, 5) is 31.0. The van der Waals surface area contributed by atoms with Gasteiger partial charge in [-0.05, 0) is 67.3 Å². The molecule has 0 spiro atoms. The van der Waals surface area contributed by atoms with Gasteiger partial charge in [-0.2, -0.15) is 0 Å². The van der Waals surface area contributed by atoms with Crippen LogP contribution in [0.1, 0.15) is 79.3 Å². The molecule has 0 amide bonds. The minimum absolute atomic E-state index is 0.0275. The van der Waals surface area contributed by atoms with Gasteiger partial charge < -0.3 is 14.0 Å². The highest BCUT2D eigenvalue weighted by molar-refractivity contribution is 7.15. The average molecular weight is 493 g/mol. The number of aromatic nitrogens is 1. The summed E-state index contributed by atoms with van der Waals surface area (Å²) < 4.78 is 13.1. The lowest BCUT2D eigenvalue weighted by molar-refractivity contribution is 0.0524. The summed E-state index contributed by atoms with van der Waals surface area (Å²) >= 11 is 1.62. The highest BCUT2D eigenvalue weighted by Gasteiger charge is 2.35. The number of nitrogens with zero attached hydrogens (tertiary/aromatic N) is 4. The maximum Gasteiger partial charge on any atom is 0.343 e. The van der Waals surface area contributed by atoms with Crippen molar-refractivity contribution < 1.29 is 14.3 Å². The summed E-state index contributed by atoms with van der Waals surface area (Å²) in [6.45, 7) is 6.36. The second kappa shape index (κ2) is 8.73. The molecule has 3 aromatic rings. The van der Waals surface area contributed by atoms with E-state index in [1.165, 1.54) is 5.56 Å². The molecule has 9 heteroatoms. The molecule has 1 fully saturated rings. The molecule has 1 aromatic carbocycles. The summed E-state index contributed by atoms with van der Waals surface area (Å²) in [6.07, 6.45) is 5.34. The standard InChI is InChI=1S/C26H28N4O4S/c1-5-34-25(32)17-13-30(14-6-7-14)21-16(22(17)31)9-8-15(23(21)33-4)20-12-18-24(35-20)19(28-29-27)10-11-26(18,2)3/h8-9,12-14,19H,5-7,10-11H2,1-4H3. The van der Waals surface area contributed by atoms with Crippen LogP contribution in [0.25, 0.3) is 31.8 Å². The third-order valence-corrected chi connectivity index (χ3v) is 8.35. The first-order chi connectivity index (χ1) is 16.8. The van der Waals surface area contributed by atoms with E-state index in [0.29, 0.717) is 16.7 Å². The van der Waals surface area contributed by atoms with Crippen LogP contribution in [0.5, 0.6) is 5.75 Å². The van der Waals surface area contributed by atoms with E-state index in [9.17, 15) is 9.59 Å². The first-order valence-electron chi connectivity index (χ1n) is 11.9. The number of ether oxygens (including phenoxy) is 2. The highest BCUT2D eigenvalue weighted by Crippen LogP contribution is 2.51. The lowest BCUT2D eigenvalue weighted by atomic mass is 9.74. The zero-order chi connectivity index (χ0) is 24.9. The normalized spacial score (nSPS) is 18.6. The van der Waals surface area contributed by atoms with Crippen molar-refractivity contribution in [2.45, 2.75) is 64.0 Å². The van der Waals surface area contributed by atoms with Crippen LogP contribution in [0.4, 0.5) is 0 Å². The Bertz CT molecular complexity index is 1440. The molecule has 2 aliphatic carbocycles. The van der Waals surface area contributed by atoms with Crippen molar-refractivity contribution in [3.8, 4) is 16.2 Å². The van der Waals surface area contributed by atoms with Gasteiger partial charge in [0.2, 0.25) is 5.43 Å². The summed E-state index contributed by atoms with van der Waals surface area (Å²) in [5.41, 5.74) is 11.5. The second-order valence-electron chi connectivity index (χ2n) is 9.81. The van der Waals surface area contributed by atoms with E-state index in [1.807, 2.05) is 10.6 Å². The fourth-order valence-corrected chi connectivity index (χ4v) is 6.49. The zero-order valence-electron chi connectivity index (χ0n) is 20.3. The molecule has 1 atom stereocenters. The third kappa shape index (κ3) is 3.89. The number of rotatable bonds is 6. The van der Waals surface area contributed by atoms with Crippen LogP contribution in [0.15, 0.2) is 34.3 Å². The smallest absolute Gasteiger partial charge is 0.343 e. The average Bonchev–Trinajstić information content (AvgIpc) is 3.57. The van der Waals surface area contributed by atoms with Gasteiger partial charge in [0.25, 0.3) is 0 Å². The lowest BCUT2D eigenvalue weighted by Gasteiger charge is -2.32. The molecular formula is C26H28N4O4S. The number of esters is 1. The van der Waals surface area contributed by atoms with E-state index in [0.717, 1.165) is 41.0 Å². The largest absolute Gasteiger partial charge is 0.494 e. The van der Waals surface area contributed by atoms with Gasteiger partial charge in [-0.25, -0.2) is 4.79 Å². The molecule has 35 heavy (non-hydrogen) atoms. The van der Waals surface area contributed by atoms with Crippen LogP contribution >= 0.6 is 11.3 Å². The molecule has 0 saturated heterocycles. The Morgan fingerprint density at radius 1 is 1.31 bits per heavy atom. The summed E-state index contributed by atoms with van der Waals surface area (Å²) in [7, 11) is 1.61. The number of methoxy groups -OCH3 is 1. The fourth-order valence-electron chi connectivity index (χ4n) is 5.06. The van der Waals surface area contributed by atoms with Crippen molar-refractivity contribution in [1.29, 1.82) is 0 Å². The minimum atomic E-state index is -0.603. The number of benzene rings is 1. The van der Waals surface area contributed by atoms with Gasteiger partial charge in [0, 0.05) is 32.5 Å². The summed E-state index contributed by atoms with van der Waals surface area (Å²) in [6, 6.07) is 5.88. The van der Waals surface area contributed by atoms with Gasteiger partial charge >= 0.3 is 5.97 Å². The van der Waals surface area contributed by atoms with Gasteiger partial charge in [0.1, 0.15) is 5.56 Å². The van der Waals surface area contributed by atoms with Crippen LogP contribution < -0.4 is 10.2 Å².